The van der Waals surface area contributed by atoms with Crippen molar-refractivity contribution < 1.29 is 4.79 Å². The predicted octanol–water partition coefficient (Wildman–Crippen LogP) is 0.305. The highest BCUT2D eigenvalue weighted by molar-refractivity contribution is 5.92. The van der Waals surface area contributed by atoms with E-state index < -0.39 is 5.69 Å². The van der Waals surface area contributed by atoms with Gasteiger partial charge in [-0.3, -0.25) is 4.79 Å². The van der Waals surface area contributed by atoms with E-state index in [1.807, 2.05) is 6.07 Å². The van der Waals surface area contributed by atoms with Gasteiger partial charge in [0.2, 0.25) is 0 Å². The van der Waals surface area contributed by atoms with E-state index in [0.717, 1.165) is 25.3 Å². The van der Waals surface area contributed by atoms with E-state index in [-0.39, 0.29) is 17.5 Å². The number of anilines is 1. The van der Waals surface area contributed by atoms with E-state index in [2.05, 4.69) is 30.2 Å². The molecule has 1 aliphatic heterocycles. The molecule has 1 atom stereocenters. The number of amides is 1. The molecular weight excluding hydrogens is 334 g/mol. The molecular formula is C17H19N7O2. The fourth-order valence-electron chi connectivity index (χ4n) is 3.00. The molecule has 0 aliphatic carbocycles. The first-order valence-electron chi connectivity index (χ1n) is 8.31. The number of nitriles is 1. The molecule has 0 bridgehead atoms. The van der Waals surface area contributed by atoms with Crippen LogP contribution in [0.5, 0.6) is 0 Å². The molecule has 26 heavy (non-hydrogen) atoms. The molecule has 3 rings (SSSR count). The SMILES string of the molecule is Cc1nc(C#N)cc(N2CCC(CNC(=O)c3cc(C)[nH]c(=O)n3)C2)n1. The van der Waals surface area contributed by atoms with Gasteiger partial charge in [0, 0.05) is 31.4 Å². The van der Waals surface area contributed by atoms with Gasteiger partial charge in [-0.25, -0.2) is 14.8 Å². The Kier molecular flexibility index (Phi) is 4.93. The highest BCUT2D eigenvalue weighted by atomic mass is 16.2. The van der Waals surface area contributed by atoms with Crippen molar-refractivity contribution in [2.75, 3.05) is 24.5 Å². The minimum atomic E-state index is -0.533. The van der Waals surface area contributed by atoms with Crippen LogP contribution in [0.15, 0.2) is 16.9 Å². The zero-order chi connectivity index (χ0) is 18.7. The van der Waals surface area contributed by atoms with Gasteiger partial charge in [-0.15, -0.1) is 0 Å². The number of nitrogens with one attached hydrogen (secondary N) is 2. The number of aryl methyl sites for hydroxylation is 2. The summed E-state index contributed by atoms with van der Waals surface area (Å²) in [6.45, 7) is 5.47. The third-order valence-electron chi connectivity index (χ3n) is 4.21. The molecule has 1 fully saturated rings. The molecule has 9 nitrogen and oxygen atoms in total. The Morgan fingerprint density at radius 2 is 2.19 bits per heavy atom. The van der Waals surface area contributed by atoms with Gasteiger partial charge in [0.15, 0.2) is 0 Å². The summed E-state index contributed by atoms with van der Waals surface area (Å²) in [6, 6.07) is 5.26. The third-order valence-corrected chi connectivity index (χ3v) is 4.21. The fraction of sp³-hybridized carbons (Fsp3) is 0.412. The smallest absolute Gasteiger partial charge is 0.345 e. The van der Waals surface area contributed by atoms with Gasteiger partial charge in [-0.1, -0.05) is 0 Å². The molecule has 1 saturated heterocycles. The maximum absolute atomic E-state index is 12.2. The van der Waals surface area contributed by atoms with Crippen LogP contribution in [0.1, 0.15) is 34.1 Å². The van der Waals surface area contributed by atoms with E-state index in [1.165, 1.54) is 0 Å². The summed E-state index contributed by atoms with van der Waals surface area (Å²) in [5, 5.41) is 11.9. The number of aromatic nitrogens is 4. The maximum Gasteiger partial charge on any atom is 0.345 e. The lowest BCUT2D eigenvalue weighted by molar-refractivity contribution is 0.0942. The molecule has 9 heteroatoms. The van der Waals surface area contributed by atoms with Gasteiger partial charge < -0.3 is 15.2 Å². The molecule has 0 aromatic carbocycles. The number of H-pyrrole nitrogens is 1. The Bertz CT molecular complexity index is 931. The molecule has 3 heterocycles. The van der Waals surface area contributed by atoms with Crippen molar-refractivity contribution in [2.24, 2.45) is 5.92 Å². The standard InChI is InChI=1S/C17H19N7O2/c1-10-5-14(23-17(26)20-10)16(25)19-8-12-3-4-24(9-12)15-6-13(7-18)21-11(2)22-15/h5-6,12H,3-4,8-9H2,1-2H3,(H,19,25)(H,20,23,26). The molecule has 1 aliphatic rings. The molecule has 0 radical (unpaired) electrons. The zero-order valence-electron chi connectivity index (χ0n) is 14.6. The second-order valence-corrected chi connectivity index (χ2v) is 6.34. The predicted molar refractivity (Wildman–Crippen MR) is 93.7 cm³/mol. The monoisotopic (exact) mass is 353 g/mol. The summed E-state index contributed by atoms with van der Waals surface area (Å²) in [4.78, 5) is 40.3. The van der Waals surface area contributed by atoms with E-state index in [9.17, 15) is 9.59 Å². The summed E-state index contributed by atoms with van der Waals surface area (Å²) in [7, 11) is 0. The second kappa shape index (κ2) is 7.31. The summed E-state index contributed by atoms with van der Waals surface area (Å²) >= 11 is 0. The Hall–Kier alpha value is -3.28. The molecule has 2 aromatic heterocycles. The van der Waals surface area contributed by atoms with Crippen molar-refractivity contribution in [3.63, 3.8) is 0 Å². The largest absolute Gasteiger partial charge is 0.356 e. The first-order valence-corrected chi connectivity index (χ1v) is 8.31. The lowest BCUT2D eigenvalue weighted by Crippen LogP contribution is -2.33. The van der Waals surface area contributed by atoms with E-state index >= 15 is 0 Å². The zero-order valence-corrected chi connectivity index (χ0v) is 14.6. The van der Waals surface area contributed by atoms with Crippen LogP contribution in [0.3, 0.4) is 0 Å². The van der Waals surface area contributed by atoms with Crippen LogP contribution in [0.4, 0.5) is 5.82 Å². The van der Waals surface area contributed by atoms with Crippen molar-refractivity contribution in [1.82, 2.24) is 25.3 Å². The van der Waals surface area contributed by atoms with Crippen LogP contribution >= 0.6 is 0 Å². The maximum atomic E-state index is 12.2. The number of hydrogen-bond donors (Lipinski definition) is 2. The van der Waals surface area contributed by atoms with Crippen LogP contribution in [-0.4, -0.2) is 45.5 Å². The topological polar surface area (TPSA) is 128 Å². The molecule has 134 valence electrons. The van der Waals surface area contributed by atoms with Gasteiger partial charge in [-0.2, -0.15) is 10.2 Å². The molecule has 0 spiro atoms. The molecule has 1 amide bonds. The van der Waals surface area contributed by atoms with Crippen LogP contribution < -0.4 is 15.9 Å². The number of aromatic amines is 1. The lowest BCUT2D eigenvalue weighted by atomic mass is 10.1. The Morgan fingerprint density at radius 1 is 1.38 bits per heavy atom. The van der Waals surface area contributed by atoms with E-state index in [0.29, 0.717) is 23.8 Å². The quantitative estimate of drug-likeness (QED) is 0.809. The van der Waals surface area contributed by atoms with Gasteiger partial charge >= 0.3 is 5.69 Å². The minimum Gasteiger partial charge on any atom is -0.356 e. The van der Waals surface area contributed by atoms with Crippen molar-refractivity contribution in [3.05, 3.63) is 45.5 Å². The van der Waals surface area contributed by atoms with Crippen molar-refractivity contribution >= 4 is 11.7 Å². The lowest BCUT2D eigenvalue weighted by Gasteiger charge is -2.18. The van der Waals surface area contributed by atoms with E-state index in [4.69, 9.17) is 5.26 Å². The highest BCUT2D eigenvalue weighted by Crippen LogP contribution is 2.22. The van der Waals surface area contributed by atoms with Gasteiger partial charge in [0.25, 0.3) is 5.91 Å². The second-order valence-electron chi connectivity index (χ2n) is 6.34. The van der Waals surface area contributed by atoms with Gasteiger partial charge in [0.05, 0.1) is 0 Å². The van der Waals surface area contributed by atoms with Gasteiger partial charge in [0.1, 0.15) is 29.1 Å². The summed E-state index contributed by atoms with van der Waals surface area (Å²) < 4.78 is 0. The van der Waals surface area contributed by atoms with Crippen molar-refractivity contribution in [1.29, 1.82) is 5.26 Å². The Labute approximate surface area is 150 Å². The van der Waals surface area contributed by atoms with E-state index in [1.54, 1.807) is 26.0 Å². The highest BCUT2D eigenvalue weighted by Gasteiger charge is 2.25. The number of carbonyl (C=O) groups excluding carboxylic acids is 1. The first kappa shape index (κ1) is 17.5. The van der Waals surface area contributed by atoms with Crippen molar-refractivity contribution in [3.8, 4) is 6.07 Å². The molecule has 0 saturated carbocycles. The van der Waals surface area contributed by atoms with Crippen LogP contribution in [0.25, 0.3) is 0 Å². The molecule has 2 aromatic rings. The number of carbonyl (C=O) groups is 1. The summed E-state index contributed by atoms with van der Waals surface area (Å²) in [6.07, 6.45) is 0.896. The molecule has 1 unspecified atom stereocenters. The first-order chi connectivity index (χ1) is 12.4. The number of hydrogen-bond acceptors (Lipinski definition) is 7. The average molecular weight is 353 g/mol. The summed E-state index contributed by atoms with van der Waals surface area (Å²) in [5.74, 6) is 1.19. The number of nitrogens with zero attached hydrogens (tertiary/aromatic N) is 5. The Balaban J connectivity index is 1.60. The molecule has 2 N–H and O–H groups in total. The normalized spacial score (nSPS) is 16.3. The Morgan fingerprint density at radius 3 is 2.92 bits per heavy atom. The average Bonchev–Trinajstić information content (AvgIpc) is 3.07. The van der Waals surface area contributed by atoms with Crippen LogP contribution in [-0.2, 0) is 0 Å². The number of rotatable bonds is 4. The van der Waals surface area contributed by atoms with Crippen molar-refractivity contribution in [2.45, 2.75) is 20.3 Å². The van der Waals surface area contributed by atoms with Gasteiger partial charge in [-0.05, 0) is 32.3 Å². The third kappa shape index (κ3) is 4.03. The fourth-order valence-corrected chi connectivity index (χ4v) is 3.00. The minimum absolute atomic E-state index is 0.117. The van der Waals surface area contributed by atoms with Crippen LogP contribution in [0, 0.1) is 31.1 Å². The summed E-state index contributed by atoms with van der Waals surface area (Å²) in [5.41, 5.74) is 0.524. The van der Waals surface area contributed by atoms with Crippen LogP contribution in [0.2, 0.25) is 0 Å².